The van der Waals surface area contributed by atoms with Gasteiger partial charge in [-0.15, -0.1) is 0 Å². The van der Waals surface area contributed by atoms with Crippen molar-refractivity contribution in [3.63, 3.8) is 0 Å². The van der Waals surface area contributed by atoms with E-state index in [9.17, 15) is 9.18 Å². The summed E-state index contributed by atoms with van der Waals surface area (Å²) in [7, 11) is 0. The molecule has 6 rings (SSSR count). The molecule has 0 bridgehead atoms. The summed E-state index contributed by atoms with van der Waals surface area (Å²) in [6.45, 7) is 4.48. The van der Waals surface area contributed by atoms with Gasteiger partial charge in [0.25, 0.3) is 5.91 Å². The van der Waals surface area contributed by atoms with E-state index in [1.165, 1.54) is 12.1 Å². The summed E-state index contributed by atoms with van der Waals surface area (Å²) in [6.07, 6.45) is 1.69. The number of hydrogen-bond acceptors (Lipinski definition) is 8. The summed E-state index contributed by atoms with van der Waals surface area (Å²) in [4.78, 5) is 15.4. The third kappa shape index (κ3) is 4.60. The van der Waals surface area contributed by atoms with E-state index in [1.54, 1.807) is 12.1 Å². The number of rotatable bonds is 5. The van der Waals surface area contributed by atoms with Gasteiger partial charge < -0.3 is 25.4 Å². The van der Waals surface area contributed by atoms with Gasteiger partial charge in [0.2, 0.25) is 0 Å². The molecule has 9 nitrogen and oxygen atoms in total. The lowest BCUT2D eigenvalue weighted by Crippen LogP contribution is -2.52. The molecule has 10 heteroatoms. The maximum Gasteiger partial charge on any atom is 0.251 e. The molecular weight excluding hydrogens is 451 g/mol. The first-order valence-electron chi connectivity index (χ1n) is 12.3. The molecule has 35 heavy (non-hydrogen) atoms. The molecule has 2 aromatic carbocycles. The Morgan fingerprint density at radius 3 is 3.09 bits per heavy atom. The Hall–Kier alpha value is -2.76. The van der Waals surface area contributed by atoms with Crippen molar-refractivity contribution < 1.29 is 18.7 Å². The second-order valence-electron chi connectivity index (χ2n) is 9.53. The molecule has 1 amide bonds. The Labute approximate surface area is 203 Å². The van der Waals surface area contributed by atoms with Crippen LogP contribution in [0.5, 0.6) is 5.75 Å². The highest BCUT2D eigenvalue weighted by molar-refractivity contribution is 5.95. The summed E-state index contributed by atoms with van der Waals surface area (Å²) < 4.78 is 25.1. The van der Waals surface area contributed by atoms with E-state index in [0.717, 1.165) is 43.9 Å². The van der Waals surface area contributed by atoms with E-state index < -0.39 is 0 Å². The van der Waals surface area contributed by atoms with Crippen LogP contribution in [0.3, 0.4) is 0 Å². The predicted octanol–water partition coefficient (Wildman–Crippen LogP) is 1.17. The lowest BCUT2D eigenvalue weighted by Gasteiger charge is -2.36. The fourth-order valence-corrected chi connectivity index (χ4v) is 5.59. The Morgan fingerprint density at radius 1 is 1.20 bits per heavy atom. The monoisotopic (exact) mass is 482 g/mol. The van der Waals surface area contributed by atoms with E-state index in [2.05, 4.69) is 31.7 Å². The maximum absolute atomic E-state index is 13.4. The molecule has 0 aromatic heterocycles. The Balaban J connectivity index is 1.07. The molecule has 3 saturated heterocycles. The molecule has 4 aliphatic rings. The molecule has 0 saturated carbocycles. The normalized spacial score (nSPS) is 29.9. The first-order valence-corrected chi connectivity index (χ1v) is 12.3. The highest BCUT2D eigenvalue weighted by Gasteiger charge is 2.43. The number of nitrogens with one attached hydrogen (secondary N) is 5. The number of benzene rings is 2. The van der Waals surface area contributed by atoms with Crippen molar-refractivity contribution in [3.8, 4) is 5.75 Å². The van der Waals surface area contributed by atoms with Crippen LogP contribution in [0.4, 0.5) is 10.1 Å². The number of hydrazine groups is 1. The highest BCUT2D eigenvalue weighted by atomic mass is 19.1. The zero-order chi connectivity index (χ0) is 23.8. The molecule has 0 radical (unpaired) electrons. The molecule has 0 spiro atoms. The minimum atomic E-state index is -0.351. The van der Waals surface area contributed by atoms with Gasteiger partial charge in [0, 0.05) is 48.4 Å². The van der Waals surface area contributed by atoms with Crippen LogP contribution in [0.15, 0.2) is 42.5 Å². The molecular formula is C25H31FN6O3. The van der Waals surface area contributed by atoms with Crippen molar-refractivity contribution in [3.05, 3.63) is 59.4 Å². The van der Waals surface area contributed by atoms with E-state index in [4.69, 9.17) is 9.47 Å². The van der Waals surface area contributed by atoms with Crippen molar-refractivity contribution in [2.24, 2.45) is 5.92 Å². The Bertz CT molecular complexity index is 1090. The van der Waals surface area contributed by atoms with E-state index in [1.807, 2.05) is 18.2 Å². The number of halogens is 1. The number of anilines is 1. The summed E-state index contributed by atoms with van der Waals surface area (Å²) >= 11 is 0. The summed E-state index contributed by atoms with van der Waals surface area (Å²) in [5, 5.41) is 9.92. The van der Waals surface area contributed by atoms with Crippen molar-refractivity contribution in [2.45, 2.75) is 30.9 Å². The molecule has 3 fully saturated rings. The fraction of sp³-hybridized carbons (Fsp3) is 0.480. The van der Waals surface area contributed by atoms with Crippen LogP contribution in [0, 0.1) is 11.7 Å². The number of carbonyl (C=O) groups is 1. The molecule has 2 aromatic rings. The van der Waals surface area contributed by atoms with E-state index in [0.29, 0.717) is 30.4 Å². The Morgan fingerprint density at radius 2 is 2.14 bits per heavy atom. The third-order valence-electron chi connectivity index (χ3n) is 7.41. The molecule has 4 aliphatic heterocycles. The maximum atomic E-state index is 13.4. The molecule has 4 unspecified atom stereocenters. The topological polar surface area (TPSA) is 98.9 Å². The SMILES string of the molecule is O=C(N[C@@H]1COc2cc(F)ccc21)c1cccc(NCC2NNC3C4CCNCC4OCCN23)c1. The second kappa shape index (κ2) is 9.71. The number of nitrogens with zero attached hydrogens (tertiary/aromatic N) is 1. The Kier molecular flexibility index (Phi) is 6.29. The summed E-state index contributed by atoms with van der Waals surface area (Å²) in [5.74, 6) is 0.388. The van der Waals surface area contributed by atoms with Gasteiger partial charge in [0.1, 0.15) is 18.2 Å². The number of carbonyl (C=O) groups excluding carboxylic acids is 1. The smallest absolute Gasteiger partial charge is 0.251 e. The standard InChI is InChI=1S/C25H31FN6O3/c26-16-4-5-18-20(14-35-21(18)11-16)29-25(33)15-2-1-3-17(10-15)28-13-23-30-31-24-19-6-7-27-12-22(19)34-9-8-32(23)24/h1-5,10-11,19-20,22-24,27-28,30-31H,6-9,12-14H2,(H,29,33)/t19?,20-,22?,23?,24?/m1/s1. The number of fused-ring (bicyclic) bond motifs is 4. The lowest BCUT2D eigenvalue weighted by molar-refractivity contribution is 0.00522. The lowest BCUT2D eigenvalue weighted by atomic mass is 9.91. The predicted molar refractivity (Wildman–Crippen MR) is 128 cm³/mol. The van der Waals surface area contributed by atoms with Crippen molar-refractivity contribution >= 4 is 11.6 Å². The van der Waals surface area contributed by atoms with Gasteiger partial charge in [0.05, 0.1) is 31.1 Å². The molecule has 186 valence electrons. The van der Waals surface area contributed by atoms with Gasteiger partial charge in [-0.1, -0.05) is 12.1 Å². The zero-order valence-electron chi connectivity index (χ0n) is 19.4. The highest BCUT2D eigenvalue weighted by Crippen LogP contribution is 2.33. The van der Waals surface area contributed by atoms with Gasteiger partial charge >= 0.3 is 0 Å². The molecule has 4 heterocycles. The first kappa shape index (κ1) is 22.7. The van der Waals surface area contributed by atoms with Gasteiger partial charge in [-0.2, -0.15) is 0 Å². The van der Waals surface area contributed by atoms with Crippen LogP contribution in [-0.2, 0) is 4.74 Å². The van der Waals surface area contributed by atoms with Crippen molar-refractivity contribution in [2.75, 3.05) is 44.7 Å². The van der Waals surface area contributed by atoms with Crippen LogP contribution in [0.25, 0.3) is 0 Å². The zero-order valence-corrected chi connectivity index (χ0v) is 19.4. The average Bonchev–Trinajstić information content (AvgIpc) is 3.41. The van der Waals surface area contributed by atoms with E-state index >= 15 is 0 Å². The molecule has 5 atom stereocenters. The van der Waals surface area contributed by atoms with Crippen LogP contribution in [0.2, 0.25) is 0 Å². The van der Waals surface area contributed by atoms with Gasteiger partial charge in [0.15, 0.2) is 0 Å². The number of amides is 1. The van der Waals surface area contributed by atoms with Crippen LogP contribution in [0.1, 0.15) is 28.4 Å². The summed E-state index contributed by atoms with van der Waals surface area (Å²) in [5.41, 5.74) is 9.16. The van der Waals surface area contributed by atoms with E-state index in [-0.39, 0.29) is 36.2 Å². The second-order valence-corrected chi connectivity index (χ2v) is 9.53. The quantitative estimate of drug-likeness (QED) is 0.433. The molecule has 5 N–H and O–H groups in total. The number of piperidine rings is 1. The van der Waals surface area contributed by atoms with Crippen LogP contribution < -0.4 is 31.5 Å². The van der Waals surface area contributed by atoms with Gasteiger partial charge in [-0.3, -0.25) is 9.69 Å². The molecule has 0 aliphatic carbocycles. The van der Waals surface area contributed by atoms with Crippen molar-refractivity contribution in [1.29, 1.82) is 0 Å². The first-order chi connectivity index (χ1) is 17.2. The fourth-order valence-electron chi connectivity index (χ4n) is 5.59. The van der Waals surface area contributed by atoms with Crippen molar-refractivity contribution in [1.82, 2.24) is 26.4 Å². The van der Waals surface area contributed by atoms with Crippen LogP contribution in [-0.4, -0.2) is 68.6 Å². The van der Waals surface area contributed by atoms with Crippen LogP contribution >= 0.6 is 0 Å². The largest absolute Gasteiger partial charge is 0.491 e. The average molecular weight is 483 g/mol. The number of hydrogen-bond donors (Lipinski definition) is 5. The number of ether oxygens (including phenoxy) is 2. The summed E-state index contributed by atoms with van der Waals surface area (Å²) in [6, 6.07) is 11.6. The van der Waals surface area contributed by atoms with Gasteiger partial charge in [-0.05, 0) is 37.2 Å². The third-order valence-corrected chi connectivity index (χ3v) is 7.41. The van der Waals surface area contributed by atoms with Gasteiger partial charge in [-0.25, -0.2) is 15.2 Å². The minimum Gasteiger partial charge on any atom is -0.491 e. The minimum absolute atomic E-state index is 0.113.